The first-order valence-electron chi connectivity index (χ1n) is 5.79. The molecule has 0 saturated heterocycles. The number of anilines is 1. The molecule has 1 heterocycles. The first kappa shape index (κ1) is 12.2. The van der Waals surface area contributed by atoms with Crippen LogP contribution in [-0.4, -0.2) is 22.6 Å². The highest BCUT2D eigenvalue weighted by molar-refractivity contribution is 5.96. The van der Waals surface area contributed by atoms with E-state index in [0.717, 1.165) is 6.42 Å². The highest BCUT2D eigenvalue weighted by Crippen LogP contribution is 2.06. The van der Waals surface area contributed by atoms with E-state index in [0.29, 0.717) is 17.9 Å². The lowest BCUT2D eigenvalue weighted by molar-refractivity contribution is 0.0950. The van der Waals surface area contributed by atoms with E-state index in [1.54, 1.807) is 0 Å². The lowest BCUT2D eigenvalue weighted by Crippen LogP contribution is -2.26. The molecule has 1 amide bonds. The Morgan fingerprint density at radius 2 is 2.33 bits per heavy atom. The van der Waals surface area contributed by atoms with Crippen molar-refractivity contribution in [2.45, 2.75) is 13.3 Å². The minimum Gasteiger partial charge on any atom is -0.396 e. The number of carbonyl (C=O) groups excluding carboxylic acids is 1. The molecule has 0 aliphatic rings. The van der Waals surface area contributed by atoms with Crippen LogP contribution in [-0.2, 0) is 6.42 Å². The lowest BCUT2D eigenvalue weighted by Gasteiger charge is -2.05. The normalized spacial score (nSPS) is 10.3. The van der Waals surface area contributed by atoms with Crippen molar-refractivity contribution in [3.05, 3.63) is 47.3 Å². The van der Waals surface area contributed by atoms with E-state index in [1.165, 1.54) is 17.3 Å². The second-order valence-electron chi connectivity index (χ2n) is 4.20. The maximum absolute atomic E-state index is 11.7. The van der Waals surface area contributed by atoms with Crippen molar-refractivity contribution in [2.24, 2.45) is 0 Å². The average Bonchev–Trinajstić information content (AvgIpc) is 2.75. The third kappa shape index (κ3) is 2.88. The number of benzene rings is 1. The standard InChI is InChI=1S/C13H16N4O/c1-9-3-2-4-10(7-9)5-6-15-13(18)12-11(14)8-16-17-12/h2-4,7-8H,5-6,14H2,1H3,(H,15,18)(H,16,17). The Morgan fingerprint density at radius 1 is 1.50 bits per heavy atom. The maximum atomic E-state index is 11.7. The molecule has 1 aromatic carbocycles. The van der Waals surface area contributed by atoms with E-state index in [4.69, 9.17) is 5.73 Å². The van der Waals surface area contributed by atoms with Crippen molar-refractivity contribution in [1.29, 1.82) is 0 Å². The number of carbonyl (C=O) groups is 1. The Bertz CT molecular complexity index is 547. The highest BCUT2D eigenvalue weighted by Gasteiger charge is 2.10. The van der Waals surface area contributed by atoms with Gasteiger partial charge < -0.3 is 11.1 Å². The number of aromatic amines is 1. The molecule has 1 aromatic heterocycles. The van der Waals surface area contributed by atoms with Gasteiger partial charge >= 0.3 is 0 Å². The Morgan fingerprint density at radius 3 is 3.00 bits per heavy atom. The molecule has 0 aliphatic heterocycles. The van der Waals surface area contributed by atoms with Crippen LogP contribution in [0.25, 0.3) is 0 Å². The molecule has 0 radical (unpaired) electrons. The van der Waals surface area contributed by atoms with Gasteiger partial charge in [0.05, 0.1) is 11.9 Å². The summed E-state index contributed by atoms with van der Waals surface area (Å²) in [4.78, 5) is 11.7. The average molecular weight is 244 g/mol. The first-order chi connectivity index (χ1) is 8.66. The molecular weight excluding hydrogens is 228 g/mol. The monoisotopic (exact) mass is 244 g/mol. The van der Waals surface area contributed by atoms with Gasteiger partial charge in [-0.15, -0.1) is 0 Å². The number of aryl methyl sites for hydroxylation is 1. The van der Waals surface area contributed by atoms with Crippen molar-refractivity contribution in [1.82, 2.24) is 15.5 Å². The van der Waals surface area contributed by atoms with Gasteiger partial charge in [0.2, 0.25) is 0 Å². The number of nitrogens with one attached hydrogen (secondary N) is 2. The third-order valence-electron chi connectivity index (χ3n) is 2.68. The second-order valence-corrected chi connectivity index (χ2v) is 4.20. The summed E-state index contributed by atoms with van der Waals surface area (Å²) in [5.41, 5.74) is 8.69. The predicted molar refractivity (Wildman–Crippen MR) is 70.2 cm³/mol. The maximum Gasteiger partial charge on any atom is 0.271 e. The highest BCUT2D eigenvalue weighted by atomic mass is 16.1. The molecule has 2 rings (SSSR count). The molecule has 0 aliphatic carbocycles. The van der Waals surface area contributed by atoms with Crippen LogP contribution in [0.3, 0.4) is 0 Å². The molecule has 0 fully saturated rings. The van der Waals surface area contributed by atoms with E-state index >= 15 is 0 Å². The van der Waals surface area contributed by atoms with Gasteiger partial charge in [0.25, 0.3) is 5.91 Å². The minimum absolute atomic E-state index is 0.224. The first-order valence-corrected chi connectivity index (χ1v) is 5.79. The summed E-state index contributed by atoms with van der Waals surface area (Å²) in [6, 6.07) is 8.22. The molecule has 18 heavy (non-hydrogen) atoms. The fourth-order valence-electron chi connectivity index (χ4n) is 1.75. The van der Waals surface area contributed by atoms with Gasteiger partial charge in [-0.2, -0.15) is 5.10 Å². The zero-order valence-corrected chi connectivity index (χ0v) is 10.2. The number of amides is 1. The SMILES string of the molecule is Cc1cccc(CCNC(=O)c2[nH]ncc2N)c1. The van der Waals surface area contributed by atoms with Gasteiger partial charge in [-0.25, -0.2) is 0 Å². The number of nitrogens with zero attached hydrogens (tertiary/aromatic N) is 1. The van der Waals surface area contributed by atoms with Gasteiger partial charge in [-0.05, 0) is 18.9 Å². The molecule has 0 spiro atoms. The zero-order chi connectivity index (χ0) is 13.0. The van der Waals surface area contributed by atoms with Crippen LogP contribution < -0.4 is 11.1 Å². The molecule has 94 valence electrons. The quantitative estimate of drug-likeness (QED) is 0.757. The molecule has 4 N–H and O–H groups in total. The van der Waals surface area contributed by atoms with Gasteiger partial charge in [0.15, 0.2) is 0 Å². The van der Waals surface area contributed by atoms with Gasteiger partial charge in [-0.1, -0.05) is 29.8 Å². The molecule has 0 unspecified atom stereocenters. The molecule has 5 nitrogen and oxygen atoms in total. The summed E-state index contributed by atoms with van der Waals surface area (Å²) in [6.45, 7) is 2.62. The Labute approximate surface area is 105 Å². The summed E-state index contributed by atoms with van der Waals surface area (Å²) in [7, 11) is 0. The minimum atomic E-state index is -0.224. The van der Waals surface area contributed by atoms with Crippen LogP contribution in [0, 0.1) is 6.92 Å². The van der Waals surface area contributed by atoms with Crippen LogP contribution in [0.15, 0.2) is 30.5 Å². The Hall–Kier alpha value is -2.30. The number of rotatable bonds is 4. The van der Waals surface area contributed by atoms with Crippen molar-refractivity contribution in [3.8, 4) is 0 Å². The van der Waals surface area contributed by atoms with Gasteiger partial charge in [0.1, 0.15) is 5.69 Å². The van der Waals surface area contributed by atoms with Gasteiger partial charge in [-0.3, -0.25) is 9.89 Å². The summed E-state index contributed by atoms with van der Waals surface area (Å²) < 4.78 is 0. The van der Waals surface area contributed by atoms with Crippen molar-refractivity contribution in [2.75, 3.05) is 12.3 Å². The van der Waals surface area contributed by atoms with Crippen LogP contribution in [0.4, 0.5) is 5.69 Å². The van der Waals surface area contributed by atoms with Crippen molar-refractivity contribution < 1.29 is 4.79 Å². The predicted octanol–water partition coefficient (Wildman–Crippen LogP) is 1.27. The molecule has 5 heteroatoms. The molecule has 0 saturated carbocycles. The van der Waals surface area contributed by atoms with Crippen LogP contribution >= 0.6 is 0 Å². The molecule has 0 atom stereocenters. The number of aromatic nitrogens is 2. The number of H-pyrrole nitrogens is 1. The van der Waals surface area contributed by atoms with Crippen molar-refractivity contribution >= 4 is 11.6 Å². The summed E-state index contributed by atoms with van der Waals surface area (Å²) in [6.07, 6.45) is 2.22. The zero-order valence-electron chi connectivity index (χ0n) is 10.2. The molecule has 2 aromatic rings. The fraction of sp³-hybridized carbons (Fsp3) is 0.231. The number of hydrogen-bond donors (Lipinski definition) is 3. The summed E-state index contributed by atoms with van der Waals surface area (Å²) in [5, 5.41) is 9.09. The van der Waals surface area contributed by atoms with E-state index in [-0.39, 0.29) is 5.91 Å². The van der Waals surface area contributed by atoms with Crippen LogP contribution in [0.1, 0.15) is 21.6 Å². The van der Waals surface area contributed by atoms with Crippen molar-refractivity contribution in [3.63, 3.8) is 0 Å². The number of hydrogen-bond acceptors (Lipinski definition) is 3. The van der Waals surface area contributed by atoms with E-state index in [9.17, 15) is 4.79 Å². The van der Waals surface area contributed by atoms with E-state index < -0.39 is 0 Å². The fourth-order valence-corrected chi connectivity index (χ4v) is 1.75. The van der Waals surface area contributed by atoms with E-state index in [1.807, 2.05) is 25.1 Å². The summed E-state index contributed by atoms with van der Waals surface area (Å²) >= 11 is 0. The smallest absolute Gasteiger partial charge is 0.271 e. The largest absolute Gasteiger partial charge is 0.396 e. The number of nitrogens with two attached hydrogens (primary N) is 1. The molecular formula is C13H16N4O. The molecule has 0 bridgehead atoms. The summed E-state index contributed by atoms with van der Waals surface area (Å²) in [5.74, 6) is -0.224. The second kappa shape index (κ2) is 5.35. The Kier molecular flexibility index (Phi) is 3.62. The van der Waals surface area contributed by atoms with Crippen LogP contribution in [0.2, 0.25) is 0 Å². The Balaban J connectivity index is 1.86. The lowest BCUT2D eigenvalue weighted by atomic mass is 10.1. The van der Waals surface area contributed by atoms with Crippen LogP contribution in [0.5, 0.6) is 0 Å². The van der Waals surface area contributed by atoms with Gasteiger partial charge in [0, 0.05) is 6.54 Å². The number of nitrogen functional groups attached to an aromatic ring is 1. The third-order valence-corrected chi connectivity index (χ3v) is 2.68. The topological polar surface area (TPSA) is 83.8 Å². The van der Waals surface area contributed by atoms with E-state index in [2.05, 4.69) is 21.6 Å².